The molecule has 0 aliphatic heterocycles. The molecule has 1 aromatic heterocycles. The Morgan fingerprint density at radius 2 is 1.96 bits per heavy atom. The molecule has 0 amide bonds. The predicted molar refractivity (Wildman–Crippen MR) is 126 cm³/mol. The fourth-order valence-electron chi connectivity index (χ4n) is 2.24. The monoisotopic (exact) mass is 518 g/mol. The Kier molecular flexibility index (Phi) is 10.8. The van der Waals surface area contributed by atoms with Gasteiger partial charge in [-0.3, -0.25) is 10.1 Å². The minimum absolute atomic E-state index is 0. The van der Waals surface area contributed by atoms with Crippen molar-refractivity contribution in [1.82, 2.24) is 15.6 Å². The van der Waals surface area contributed by atoms with E-state index in [-0.39, 0.29) is 29.7 Å². The maximum atomic E-state index is 10.7. The van der Waals surface area contributed by atoms with Gasteiger partial charge in [-0.25, -0.2) is 9.98 Å². The van der Waals surface area contributed by atoms with Gasteiger partial charge in [-0.1, -0.05) is 13.8 Å². The average Bonchev–Trinajstić information content (AvgIpc) is 3.13. The van der Waals surface area contributed by atoms with Crippen molar-refractivity contribution in [3.63, 3.8) is 0 Å². The number of aliphatic imine (C=N–C) groups is 1. The zero-order valence-corrected chi connectivity index (χ0v) is 19.4. The van der Waals surface area contributed by atoms with Gasteiger partial charge in [-0.05, 0) is 25.0 Å². The summed E-state index contributed by atoms with van der Waals surface area (Å²) in [4.78, 5) is 19.4. The average molecular weight is 518 g/mol. The molecule has 0 fully saturated rings. The molecule has 10 heteroatoms. The highest BCUT2D eigenvalue weighted by Crippen LogP contribution is 2.18. The molecular formula is C18H27IN6O2S. The van der Waals surface area contributed by atoms with Gasteiger partial charge in [0.2, 0.25) is 0 Å². The number of nitrogens with one attached hydrogen (secondary N) is 3. The molecule has 0 saturated heterocycles. The van der Waals surface area contributed by atoms with E-state index in [4.69, 9.17) is 0 Å². The van der Waals surface area contributed by atoms with Crippen LogP contribution in [0.15, 0.2) is 34.6 Å². The lowest BCUT2D eigenvalue weighted by atomic mass is 10.2. The Balaban J connectivity index is 0.00000392. The molecule has 3 N–H and O–H groups in total. The summed E-state index contributed by atoms with van der Waals surface area (Å²) in [6.45, 7) is 8.93. The van der Waals surface area contributed by atoms with Crippen molar-refractivity contribution in [3.8, 4) is 0 Å². The van der Waals surface area contributed by atoms with Crippen LogP contribution in [0.4, 0.5) is 11.4 Å². The van der Waals surface area contributed by atoms with Crippen molar-refractivity contribution in [2.45, 2.75) is 33.2 Å². The molecule has 0 aliphatic carbocycles. The molecule has 1 aromatic carbocycles. The van der Waals surface area contributed by atoms with Gasteiger partial charge in [0.15, 0.2) is 5.96 Å². The van der Waals surface area contributed by atoms with E-state index in [0.717, 1.165) is 28.9 Å². The predicted octanol–water partition coefficient (Wildman–Crippen LogP) is 3.96. The molecule has 0 atom stereocenters. The van der Waals surface area contributed by atoms with E-state index in [1.807, 2.05) is 6.92 Å². The molecular weight excluding hydrogens is 491 g/mol. The first-order chi connectivity index (χ1) is 13.0. The summed E-state index contributed by atoms with van der Waals surface area (Å²) in [6, 6.07) is 6.37. The number of thiazole rings is 1. The second kappa shape index (κ2) is 12.5. The van der Waals surface area contributed by atoms with Crippen LogP contribution in [0, 0.1) is 10.1 Å². The molecule has 8 nitrogen and oxygen atoms in total. The van der Waals surface area contributed by atoms with Crippen LogP contribution in [0.3, 0.4) is 0 Å². The molecule has 2 rings (SSSR count). The van der Waals surface area contributed by atoms with Gasteiger partial charge in [-0.15, -0.1) is 35.3 Å². The smallest absolute Gasteiger partial charge is 0.269 e. The van der Waals surface area contributed by atoms with Crippen molar-refractivity contribution in [2.24, 2.45) is 4.99 Å². The highest BCUT2D eigenvalue weighted by molar-refractivity contribution is 14.0. The van der Waals surface area contributed by atoms with Crippen LogP contribution in [0.5, 0.6) is 0 Å². The van der Waals surface area contributed by atoms with E-state index in [0.29, 0.717) is 25.6 Å². The van der Waals surface area contributed by atoms with Crippen LogP contribution in [0.25, 0.3) is 0 Å². The number of hydrogen-bond donors (Lipinski definition) is 3. The zero-order valence-electron chi connectivity index (χ0n) is 16.3. The van der Waals surface area contributed by atoms with Crippen LogP contribution >= 0.6 is 35.3 Å². The maximum Gasteiger partial charge on any atom is 0.269 e. The van der Waals surface area contributed by atoms with Crippen molar-refractivity contribution in [1.29, 1.82) is 0 Å². The van der Waals surface area contributed by atoms with Crippen molar-refractivity contribution >= 4 is 52.6 Å². The number of nitro benzene ring substituents is 1. The molecule has 1 heterocycles. The topological polar surface area (TPSA) is 104 Å². The van der Waals surface area contributed by atoms with E-state index in [2.05, 4.69) is 45.2 Å². The standard InChI is InChI=1S/C18H26N6O2S.HI/c1-4-19-18(22-11-17-23-16(12-27-17)13(2)3)21-10-9-20-14-5-7-15(8-6-14)24(25)26;/h5-8,12-13,20H,4,9-11H2,1-3H3,(H2,19,21,22);1H. The molecule has 0 radical (unpaired) electrons. The normalized spacial score (nSPS) is 11.1. The van der Waals surface area contributed by atoms with Crippen molar-refractivity contribution in [3.05, 3.63) is 50.5 Å². The summed E-state index contributed by atoms with van der Waals surface area (Å²) in [6.07, 6.45) is 0. The molecule has 0 saturated carbocycles. The first kappa shape index (κ1) is 24.1. The molecule has 28 heavy (non-hydrogen) atoms. The number of anilines is 1. The summed E-state index contributed by atoms with van der Waals surface area (Å²) in [5, 5.41) is 23.4. The van der Waals surface area contributed by atoms with Gasteiger partial charge in [-0.2, -0.15) is 0 Å². The molecule has 0 bridgehead atoms. The lowest BCUT2D eigenvalue weighted by molar-refractivity contribution is -0.384. The van der Waals surface area contributed by atoms with Gasteiger partial charge in [0.25, 0.3) is 5.69 Å². The highest BCUT2D eigenvalue weighted by Gasteiger charge is 2.06. The van der Waals surface area contributed by atoms with E-state index >= 15 is 0 Å². The molecule has 154 valence electrons. The number of non-ortho nitro benzene ring substituents is 1. The Labute approximate surface area is 186 Å². The van der Waals surface area contributed by atoms with Gasteiger partial charge >= 0.3 is 0 Å². The van der Waals surface area contributed by atoms with E-state index in [1.54, 1.807) is 23.5 Å². The Morgan fingerprint density at radius 1 is 1.25 bits per heavy atom. The van der Waals surface area contributed by atoms with E-state index in [1.165, 1.54) is 12.1 Å². The lowest BCUT2D eigenvalue weighted by Crippen LogP contribution is -2.39. The second-order valence-corrected chi connectivity index (χ2v) is 7.12. The van der Waals surface area contributed by atoms with E-state index < -0.39 is 4.92 Å². The number of guanidine groups is 1. The molecule has 0 aliphatic rings. The van der Waals surface area contributed by atoms with Crippen LogP contribution < -0.4 is 16.0 Å². The van der Waals surface area contributed by atoms with Crippen LogP contribution in [0.2, 0.25) is 0 Å². The first-order valence-electron chi connectivity index (χ1n) is 8.94. The van der Waals surface area contributed by atoms with Gasteiger partial charge in [0.05, 0.1) is 17.2 Å². The number of hydrogen-bond acceptors (Lipinski definition) is 6. The zero-order chi connectivity index (χ0) is 19.6. The molecule has 0 unspecified atom stereocenters. The van der Waals surface area contributed by atoms with Crippen LogP contribution in [0.1, 0.15) is 37.4 Å². The van der Waals surface area contributed by atoms with Crippen molar-refractivity contribution in [2.75, 3.05) is 25.0 Å². The third-order valence-corrected chi connectivity index (χ3v) is 4.55. The Bertz CT molecular complexity index is 764. The van der Waals surface area contributed by atoms with Gasteiger partial charge in [0.1, 0.15) is 5.01 Å². The highest BCUT2D eigenvalue weighted by atomic mass is 127. The summed E-state index contributed by atoms with van der Waals surface area (Å²) in [5.74, 6) is 1.17. The summed E-state index contributed by atoms with van der Waals surface area (Å²) >= 11 is 1.63. The van der Waals surface area contributed by atoms with Crippen LogP contribution in [-0.2, 0) is 6.54 Å². The first-order valence-corrected chi connectivity index (χ1v) is 9.82. The SMILES string of the molecule is CCNC(=NCc1nc(C(C)C)cs1)NCCNc1ccc([N+](=O)[O-])cc1.I. The van der Waals surface area contributed by atoms with E-state index in [9.17, 15) is 10.1 Å². The Hall–Kier alpha value is -1.95. The third kappa shape index (κ3) is 7.97. The number of halogens is 1. The number of benzene rings is 1. The molecule has 2 aromatic rings. The van der Waals surface area contributed by atoms with Gasteiger partial charge in [0, 0.05) is 42.8 Å². The number of nitro groups is 1. The lowest BCUT2D eigenvalue weighted by Gasteiger charge is -2.12. The quantitative estimate of drug-likeness (QED) is 0.116. The van der Waals surface area contributed by atoms with Gasteiger partial charge < -0.3 is 16.0 Å². The number of nitrogens with zero attached hydrogens (tertiary/aromatic N) is 3. The van der Waals surface area contributed by atoms with Crippen molar-refractivity contribution < 1.29 is 4.92 Å². The molecule has 0 spiro atoms. The fraction of sp³-hybridized carbons (Fsp3) is 0.444. The number of rotatable bonds is 9. The summed E-state index contributed by atoms with van der Waals surface area (Å²) in [7, 11) is 0. The van der Waals surface area contributed by atoms with Crippen LogP contribution in [-0.4, -0.2) is 35.5 Å². The third-order valence-electron chi connectivity index (χ3n) is 3.70. The number of aromatic nitrogens is 1. The minimum atomic E-state index is -0.406. The Morgan fingerprint density at radius 3 is 2.54 bits per heavy atom. The minimum Gasteiger partial charge on any atom is -0.383 e. The maximum absolute atomic E-state index is 10.7. The largest absolute Gasteiger partial charge is 0.383 e. The summed E-state index contributed by atoms with van der Waals surface area (Å²) < 4.78 is 0. The second-order valence-electron chi connectivity index (χ2n) is 6.17. The summed E-state index contributed by atoms with van der Waals surface area (Å²) in [5.41, 5.74) is 2.03. The fourth-order valence-corrected chi connectivity index (χ4v) is 3.12.